The largest absolute Gasteiger partial charge is 0.349 e. The molecule has 0 bridgehead atoms. The van der Waals surface area contributed by atoms with E-state index in [2.05, 4.69) is 24.1 Å². The molecule has 0 aromatic carbocycles. The van der Waals surface area contributed by atoms with Crippen molar-refractivity contribution in [2.75, 3.05) is 44.7 Å². The zero-order chi connectivity index (χ0) is 16.4. The Labute approximate surface area is 145 Å². The highest BCUT2D eigenvalue weighted by Gasteiger charge is 2.28. The molecule has 0 spiro atoms. The molecule has 2 aromatic rings. The Bertz CT molecular complexity index is 645. The number of likely N-dealkylation sites (tertiary alicyclic amines) is 1. The Morgan fingerprint density at radius 2 is 2.22 bits per heavy atom. The van der Waals surface area contributed by atoms with Crippen molar-refractivity contribution in [1.29, 1.82) is 0 Å². The molecule has 0 saturated carbocycles. The molecular weight excluding hydrogens is 328 g/mol. The smallest absolute Gasteiger partial charge is 0.264 e. The summed E-state index contributed by atoms with van der Waals surface area (Å²) in [6.07, 6.45) is 1.09. The van der Waals surface area contributed by atoms with Crippen molar-refractivity contribution in [2.24, 2.45) is 5.92 Å². The van der Waals surface area contributed by atoms with E-state index in [9.17, 15) is 4.79 Å². The minimum Gasteiger partial charge on any atom is -0.349 e. The first kappa shape index (κ1) is 16.7. The van der Waals surface area contributed by atoms with Crippen LogP contribution in [0, 0.1) is 5.92 Å². The maximum absolute atomic E-state index is 12.7. The van der Waals surface area contributed by atoms with Gasteiger partial charge in [0.05, 0.1) is 9.58 Å². The second-order valence-electron chi connectivity index (χ2n) is 5.91. The summed E-state index contributed by atoms with van der Waals surface area (Å²) >= 11 is 3.22. The van der Waals surface area contributed by atoms with Crippen LogP contribution in [0.15, 0.2) is 6.07 Å². The molecule has 1 aliphatic heterocycles. The van der Waals surface area contributed by atoms with Crippen LogP contribution in [0.3, 0.4) is 0 Å². The number of hydrogen-bond acceptors (Lipinski definition) is 6. The Hall–Kier alpha value is -1.18. The highest BCUT2D eigenvalue weighted by Crippen LogP contribution is 2.35. The Morgan fingerprint density at radius 1 is 1.43 bits per heavy atom. The lowest BCUT2D eigenvalue weighted by molar-refractivity contribution is 0.0792. The van der Waals surface area contributed by atoms with E-state index in [1.54, 1.807) is 11.3 Å². The number of nitrogens with one attached hydrogen (secondary N) is 1. The van der Waals surface area contributed by atoms with Gasteiger partial charge in [0.15, 0.2) is 5.13 Å². The van der Waals surface area contributed by atoms with E-state index in [-0.39, 0.29) is 5.91 Å². The van der Waals surface area contributed by atoms with Crippen LogP contribution in [0.25, 0.3) is 9.53 Å². The number of fused-ring (bicyclic) bond motifs is 1. The van der Waals surface area contributed by atoms with Crippen LogP contribution in [0.2, 0.25) is 0 Å². The predicted octanol–water partition coefficient (Wildman–Crippen LogP) is 2.89. The summed E-state index contributed by atoms with van der Waals surface area (Å²) in [6.45, 7) is 8.93. The number of thiophene rings is 1. The van der Waals surface area contributed by atoms with E-state index in [0.717, 1.165) is 58.7 Å². The minimum absolute atomic E-state index is 0.170. The van der Waals surface area contributed by atoms with Crippen molar-refractivity contribution in [2.45, 2.75) is 20.3 Å². The van der Waals surface area contributed by atoms with Crippen molar-refractivity contribution in [1.82, 2.24) is 15.2 Å². The van der Waals surface area contributed by atoms with Crippen LogP contribution < -0.4 is 10.2 Å². The van der Waals surface area contributed by atoms with E-state index in [0.29, 0.717) is 5.92 Å². The number of nitrogens with zero attached hydrogens (tertiary/aromatic N) is 3. The highest BCUT2D eigenvalue weighted by molar-refractivity contribution is 7.29. The first-order valence-electron chi connectivity index (χ1n) is 8.25. The maximum atomic E-state index is 12.7. The molecule has 1 amide bonds. The van der Waals surface area contributed by atoms with E-state index in [4.69, 9.17) is 4.98 Å². The fourth-order valence-electron chi connectivity index (χ4n) is 3.09. The van der Waals surface area contributed by atoms with Crippen molar-refractivity contribution in [3.63, 3.8) is 0 Å². The molecule has 2 aromatic heterocycles. The zero-order valence-corrected chi connectivity index (χ0v) is 15.6. The highest BCUT2D eigenvalue weighted by atomic mass is 32.1. The molecule has 23 heavy (non-hydrogen) atoms. The van der Waals surface area contributed by atoms with Gasteiger partial charge in [-0.15, -0.1) is 11.3 Å². The molecule has 1 atom stereocenters. The van der Waals surface area contributed by atoms with E-state index < -0.39 is 0 Å². The van der Waals surface area contributed by atoms with Crippen LogP contribution in [0.4, 0.5) is 5.13 Å². The second-order valence-corrected chi connectivity index (χ2v) is 7.95. The molecule has 0 aliphatic carbocycles. The molecular formula is C16H24N4OS2. The number of thiazole rings is 1. The molecule has 0 radical (unpaired) electrons. The Kier molecular flexibility index (Phi) is 5.18. The standard InChI is InChI=1S/C16H24N4OS2/c1-4-19(5-2)16-18-14-12(23-16)8-13(22-14)15(21)20-7-6-11(10-20)9-17-3/h8,11,17H,4-7,9-10H2,1-3H3. The summed E-state index contributed by atoms with van der Waals surface area (Å²) < 4.78 is 1.13. The fraction of sp³-hybridized carbons (Fsp3) is 0.625. The van der Waals surface area contributed by atoms with Gasteiger partial charge < -0.3 is 15.1 Å². The number of anilines is 1. The fourth-order valence-corrected chi connectivity index (χ4v) is 5.39. The quantitative estimate of drug-likeness (QED) is 0.868. The molecule has 3 heterocycles. The summed E-state index contributed by atoms with van der Waals surface area (Å²) in [5, 5.41) is 4.27. The molecule has 1 fully saturated rings. The summed E-state index contributed by atoms with van der Waals surface area (Å²) in [5.41, 5.74) is 0. The van der Waals surface area contributed by atoms with E-state index in [1.165, 1.54) is 11.3 Å². The summed E-state index contributed by atoms with van der Waals surface area (Å²) in [7, 11) is 1.97. The van der Waals surface area contributed by atoms with Gasteiger partial charge in [0.25, 0.3) is 5.91 Å². The van der Waals surface area contributed by atoms with Crippen LogP contribution in [0.1, 0.15) is 29.9 Å². The van der Waals surface area contributed by atoms with Crippen molar-refractivity contribution >= 4 is 43.2 Å². The van der Waals surface area contributed by atoms with Crippen molar-refractivity contribution in [3.05, 3.63) is 10.9 Å². The van der Waals surface area contributed by atoms with Gasteiger partial charge in [-0.3, -0.25) is 4.79 Å². The third-order valence-corrected chi connectivity index (χ3v) is 6.60. The monoisotopic (exact) mass is 352 g/mol. The molecule has 5 nitrogen and oxygen atoms in total. The van der Waals surface area contributed by atoms with Gasteiger partial charge in [-0.2, -0.15) is 0 Å². The summed E-state index contributed by atoms with van der Waals surface area (Å²) in [5.74, 6) is 0.751. The van der Waals surface area contributed by atoms with Crippen LogP contribution in [-0.2, 0) is 0 Å². The molecule has 3 rings (SSSR count). The molecule has 1 unspecified atom stereocenters. The maximum Gasteiger partial charge on any atom is 0.264 e. The van der Waals surface area contributed by atoms with Gasteiger partial charge in [-0.25, -0.2) is 4.98 Å². The minimum atomic E-state index is 0.170. The van der Waals surface area contributed by atoms with E-state index >= 15 is 0 Å². The number of rotatable bonds is 6. The van der Waals surface area contributed by atoms with Crippen LogP contribution in [0.5, 0.6) is 0 Å². The van der Waals surface area contributed by atoms with E-state index in [1.807, 2.05) is 18.0 Å². The van der Waals surface area contributed by atoms with Gasteiger partial charge in [0.1, 0.15) is 4.83 Å². The van der Waals surface area contributed by atoms with Crippen LogP contribution in [-0.4, -0.2) is 55.6 Å². The second kappa shape index (κ2) is 7.15. The zero-order valence-electron chi connectivity index (χ0n) is 14.0. The van der Waals surface area contributed by atoms with Gasteiger partial charge in [-0.1, -0.05) is 11.3 Å². The Morgan fingerprint density at radius 3 is 2.87 bits per heavy atom. The number of hydrogen-bond donors (Lipinski definition) is 1. The topological polar surface area (TPSA) is 48.5 Å². The van der Waals surface area contributed by atoms with Crippen LogP contribution >= 0.6 is 22.7 Å². The van der Waals surface area contributed by atoms with Gasteiger partial charge in [0, 0.05) is 26.2 Å². The number of carbonyl (C=O) groups is 1. The summed E-state index contributed by atoms with van der Waals surface area (Å²) in [6, 6.07) is 2.03. The average molecular weight is 353 g/mol. The molecule has 126 valence electrons. The normalized spacial score (nSPS) is 18.0. The molecule has 7 heteroatoms. The summed E-state index contributed by atoms with van der Waals surface area (Å²) in [4.78, 5) is 23.4. The third kappa shape index (κ3) is 3.36. The Balaban J connectivity index is 1.73. The van der Waals surface area contributed by atoms with Crippen molar-refractivity contribution < 1.29 is 4.79 Å². The molecule has 1 N–H and O–H groups in total. The lowest BCUT2D eigenvalue weighted by atomic mass is 10.1. The average Bonchev–Trinajstić information content (AvgIpc) is 3.22. The van der Waals surface area contributed by atoms with Gasteiger partial charge in [0.2, 0.25) is 0 Å². The number of carbonyl (C=O) groups excluding carboxylic acids is 1. The van der Waals surface area contributed by atoms with Gasteiger partial charge in [-0.05, 0) is 45.8 Å². The van der Waals surface area contributed by atoms with Gasteiger partial charge >= 0.3 is 0 Å². The number of amides is 1. The lowest BCUT2D eigenvalue weighted by Gasteiger charge is -2.16. The lowest BCUT2D eigenvalue weighted by Crippen LogP contribution is -2.29. The molecule has 1 saturated heterocycles. The number of aromatic nitrogens is 1. The van der Waals surface area contributed by atoms with Crippen molar-refractivity contribution in [3.8, 4) is 0 Å². The predicted molar refractivity (Wildman–Crippen MR) is 99.0 cm³/mol. The first-order chi connectivity index (χ1) is 11.2. The third-order valence-electron chi connectivity index (χ3n) is 4.39. The molecule has 1 aliphatic rings. The first-order valence-corrected chi connectivity index (χ1v) is 9.88. The SMILES string of the molecule is CCN(CC)c1nc2sc(C(=O)N3CCC(CNC)C3)cc2s1.